The van der Waals surface area contributed by atoms with E-state index in [-0.39, 0.29) is 6.03 Å². The SMILES string of the molecule is COc1cc(CNC(=O)Nc2cc3c(cc2Br)OCCO3)ccn1. The summed E-state index contributed by atoms with van der Waals surface area (Å²) < 4.78 is 16.8. The highest BCUT2D eigenvalue weighted by Gasteiger charge is 2.16. The highest BCUT2D eigenvalue weighted by atomic mass is 79.9. The topological polar surface area (TPSA) is 81.7 Å². The molecule has 2 heterocycles. The molecule has 0 unspecified atom stereocenters. The van der Waals surface area contributed by atoms with E-state index in [2.05, 4.69) is 31.5 Å². The minimum absolute atomic E-state index is 0.330. The van der Waals surface area contributed by atoms with Gasteiger partial charge in [-0.25, -0.2) is 9.78 Å². The van der Waals surface area contributed by atoms with Gasteiger partial charge >= 0.3 is 6.03 Å². The van der Waals surface area contributed by atoms with E-state index in [1.165, 1.54) is 0 Å². The minimum Gasteiger partial charge on any atom is -0.486 e. The summed E-state index contributed by atoms with van der Waals surface area (Å²) in [7, 11) is 1.55. The Morgan fingerprint density at radius 2 is 2.04 bits per heavy atom. The smallest absolute Gasteiger partial charge is 0.319 e. The molecule has 1 aliphatic heterocycles. The number of urea groups is 1. The first-order valence-corrected chi connectivity index (χ1v) is 8.08. The lowest BCUT2D eigenvalue weighted by Gasteiger charge is -2.20. The van der Waals surface area contributed by atoms with Crippen molar-refractivity contribution in [2.24, 2.45) is 0 Å². The van der Waals surface area contributed by atoms with Gasteiger partial charge in [0.1, 0.15) is 13.2 Å². The number of hydrogen-bond acceptors (Lipinski definition) is 5. The van der Waals surface area contributed by atoms with Crippen molar-refractivity contribution in [2.45, 2.75) is 6.54 Å². The summed E-state index contributed by atoms with van der Waals surface area (Å²) in [6, 6.07) is 6.75. The number of amides is 2. The van der Waals surface area contributed by atoms with Crippen LogP contribution in [-0.4, -0.2) is 31.3 Å². The number of rotatable bonds is 4. The normalized spacial score (nSPS) is 12.4. The van der Waals surface area contributed by atoms with Crippen LogP contribution in [0.2, 0.25) is 0 Å². The number of nitrogens with zero attached hydrogens (tertiary/aromatic N) is 1. The number of nitrogens with one attached hydrogen (secondary N) is 2. The standard InChI is InChI=1S/C16H16BrN3O4/c1-22-15-6-10(2-3-18-15)9-19-16(21)20-12-8-14-13(7-11(12)17)23-4-5-24-14/h2-3,6-8H,4-5,9H2,1H3,(H2,19,20,21). The number of benzene rings is 1. The van der Waals surface area contributed by atoms with Crippen molar-refractivity contribution in [3.63, 3.8) is 0 Å². The predicted molar refractivity (Wildman–Crippen MR) is 91.8 cm³/mol. The van der Waals surface area contributed by atoms with E-state index in [1.54, 1.807) is 31.5 Å². The molecular formula is C16H16BrN3O4. The molecule has 2 N–H and O–H groups in total. The van der Waals surface area contributed by atoms with Crippen molar-refractivity contribution in [3.8, 4) is 17.4 Å². The fourth-order valence-electron chi connectivity index (χ4n) is 2.18. The summed E-state index contributed by atoms with van der Waals surface area (Å²) in [5, 5.41) is 5.56. The Hall–Kier alpha value is -2.48. The lowest BCUT2D eigenvalue weighted by molar-refractivity contribution is 0.171. The van der Waals surface area contributed by atoms with E-state index >= 15 is 0 Å². The zero-order valence-electron chi connectivity index (χ0n) is 13.0. The van der Waals surface area contributed by atoms with Crippen LogP contribution in [-0.2, 0) is 6.54 Å². The van der Waals surface area contributed by atoms with Gasteiger partial charge in [0, 0.05) is 35.4 Å². The molecule has 0 saturated carbocycles. The van der Waals surface area contributed by atoms with Crippen LogP contribution in [0.15, 0.2) is 34.9 Å². The van der Waals surface area contributed by atoms with Crippen molar-refractivity contribution in [3.05, 3.63) is 40.5 Å². The van der Waals surface area contributed by atoms with Gasteiger partial charge in [-0.15, -0.1) is 0 Å². The zero-order chi connectivity index (χ0) is 16.9. The Balaban J connectivity index is 1.62. The third-order valence-electron chi connectivity index (χ3n) is 3.34. The van der Waals surface area contributed by atoms with E-state index in [1.807, 2.05) is 6.07 Å². The Labute approximate surface area is 147 Å². The molecule has 3 rings (SSSR count). The Kier molecular flexibility index (Phi) is 5.05. The van der Waals surface area contributed by atoms with Gasteiger partial charge in [-0.05, 0) is 27.6 Å². The number of ether oxygens (including phenoxy) is 3. The minimum atomic E-state index is -0.330. The first-order valence-electron chi connectivity index (χ1n) is 7.28. The molecule has 0 fully saturated rings. The van der Waals surface area contributed by atoms with Crippen molar-refractivity contribution in [1.29, 1.82) is 0 Å². The molecule has 8 heteroatoms. The Morgan fingerprint density at radius 3 is 2.79 bits per heavy atom. The molecule has 1 aliphatic rings. The van der Waals surface area contributed by atoms with Crippen molar-refractivity contribution in [1.82, 2.24) is 10.3 Å². The summed E-state index contributed by atoms with van der Waals surface area (Å²) in [6.45, 7) is 1.36. The lowest BCUT2D eigenvalue weighted by atomic mass is 10.2. The maximum atomic E-state index is 12.1. The lowest BCUT2D eigenvalue weighted by Crippen LogP contribution is -2.28. The fourth-order valence-corrected chi connectivity index (χ4v) is 2.60. The quantitative estimate of drug-likeness (QED) is 0.834. The van der Waals surface area contributed by atoms with E-state index in [4.69, 9.17) is 14.2 Å². The van der Waals surface area contributed by atoms with Crippen molar-refractivity contribution >= 4 is 27.6 Å². The molecular weight excluding hydrogens is 378 g/mol. The van der Waals surface area contributed by atoms with Crippen LogP contribution in [0.4, 0.5) is 10.5 Å². The molecule has 126 valence electrons. The van der Waals surface area contributed by atoms with E-state index in [0.717, 1.165) is 5.56 Å². The average molecular weight is 394 g/mol. The second-order valence-electron chi connectivity index (χ2n) is 4.99. The number of fused-ring (bicyclic) bond motifs is 1. The molecule has 0 spiro atoms. The van der Waals surface area contributed by atoms with Crippen LogP contribution in [0.3, 0.4) is 0 Å². The number of halogens is 1. The molecule has 2 aromatic rings. The van der Waals surface area contributed by atoms with E-state index in [0.29, 0.717) is 47.3 Å². The third-order valence-corrected chi connectivity index (χ3v) is 4.00. The molecule has 1 aromatic heterocycles. The third kappa shape index (κ3) is 3.88. The summed E-state index contributed by atoms with van der Waals surface area (Å²) in [5.74, 6) is 1.77. The molecule has 1 aromatic carbocycles. The maximum absolute atomic E-state index is 12.1. The monoisotopic (exact) mass is 393 g/mol. The largest absolute Gasteiger partial charge is 0.486 e. The van der Waals surface area contributed by atoms with Gasteiger partial charge in [0.05, 0.1) is 12.8 Å². The van der Waals surface area contributed by atoms with Crippen molar-refractivity contribution < 1.29 is 19.0 Å². The summed E-state index contributed by atoms with van der Waals surface area (Å²) in [6.07, 6.45) is 1.63. The number of carbonyl (C=O) groups excluding carboxylic acids is 1. The summed E-state index contributed by atoms with van der Waals surface area (Å²) >= 11 is 3.42. The second kappa shape index (κ2) is 7.39. The Morgan fingerprint density at radius 1 is 1.29 bits per heavy atom. The summed E-state index contributed by atoms with van der Waals surface area (Å²) in [5.41, 5.74) is 1.49. The molecule has 0 radical (unpaired) electrons. The van der Waals surface area contributed by atoms with Crippen LogP contribution in [0.25, 0.3) is 0 Å². The van der Waals surface area contributed by atoms with Gasteiger partial charge in [-0.3, -0.25) is 0 Å². The van der Waals surface area contributed by atoms with Crippen LogP contribution >= 0.6 is 15.9 Å². The number of methoxy groups -OCH3 is 1. The maximum Gasteiger partial charge on any atom is 0.319 e. The van der Waals surface area contributed by atoms with Gasteiger partial charge in [-0.1, -0.05) is 0 Å². The first kappa shape index (κ1) is 16.4. The highest BCUT2D eigenvalue weighted by Crippen LogP contribution is 2.38. The van der Waals surface area contributed by atoms with E-state index in [9.17, 15) is 4.79 Å². The van der Waals surface area contributed by atoms with Gasteiger partial charge in [0.2, 0.25) is 5.88 Å². The van der Waals surface area contributed by atoms with E-state index < -0.39 is 0 Å². The first-order chi connectivity index (χ1) is 11.7. The van der Waals surface area contributed by atoms with Gasteiger partial charge in [-0.2, -0.15) is 0 Å². The number of pyridine rings is 1. The molecule has 7 nitrogen and oxygen atoms in total. The number of aromatic nitrogens is 1. The molecule has 0 aliphatic carbocycles. The molecule has 0 atom stereocenters. The molecule has 0 bridgehead atoms. The van der Waals surface area contributed by atoms with Gasteiger partial charge in [0.15, 0.2) is 11.5 Å². The van der Waals surface area contributed by atoms with Crippen LogP contribution < -0.4 is 24.8 Å². The molecule has 0 saturated heterocycles. The molecule has 2 amide bonds. The number of carbonyl (C=O) groups is 1. The fraction of sp³-hybridized carbons (Fsp3) is 0.250. The zero-order valence-corrected chi connectivity index (χ0v) is 14.6. The highest BCUT2D eigenvalue weighted by molar-refractivity contribution is 9.10. The van der Waals surface area contributed by atoms with Gasteiger partial charge in [0.25, 0.3) is 0 Å². The van der Waals surface area contributed by atoms with Crippen LogP contribution in [0, 0.1) is 0 Å². The number of hydrogen-bond donors (Lipinski definition) is 2. The van der Waals surface area contributed by atoms with Crippen LogP contribution in [0.5, 0.6) is 17.4 Å². The average Bonchev–Trinajstić information content (AvgIpc) is 2.61. The summed E-state index contributed by atoms with van der Waals surface area (Å²) in [4.78, 5) is 16.1. The second-order valence-corrected chi connectivity index (χ2v) is 5.84. The van der Waals surface area contributed by atoms with Gasteiger partial charge < -0.3 is 24.8 Å². The van der Waals surface area contributed by atoms with Crippen LogP contribution in [0.1, 0.15) is 5.56 Å². The number of anilines is 1. The van der Waals surface area contributed by atoms with Crippen molar-refractivity contribution in [2.75, 3.05) is 25.6 Å². The predicted octanol–water partition coefficient (Wildman–Crippen LogP) is 2.95. The molecule has 24 heavy (non-hydrogen) atoms. The Bertz CT molecular complexity index is 754.